The number of benzene rings is 2. The monoisotopic (exact) mass is 392 g/mol. The minimum absolute atomic E-state index is 0.125. The molecule has 29 heavy (non-hydrogen) atoms. The van der Waals surface area contributed by atoms with Crippen molar-refractivity contribution in [3.05, 3.63) is 59.7 Å². The van der Waals surface area contributed by atoms with Crippen molar-refractivity contribution in [1.29, 1.82) is 0 Å². The predicted octanol–water partition coefficient (Wildman–Crippen LogP) is 3.12. The van der Waals surface area contributed by atoms with Crippen LogP contribution >= 0.6 is 0 Å². The zero-order valence-corrected chi connectivity index (χ0v) is 16.3. The molecule has 0 spiro atoms. The molecule has 2 N–H and O–H groups in total. The van der Waals surface area contributed by atoms with Crippen LogP contribution in [-0.4, -0.2) is 45.9 Å². The van der Waals surface area contributed by atoms with Gasteiger partial charge in [-0.1, -0.05) is 42.0 Å². The number of nitrogens with one attached hydrogen (secondary N) is 1. The molecule has 0 aliphatic carbocycles. The van der Waals surface area contributed by atoms with E-state index in [2.05, 4.69) is 5.32 Å². The third kappa shape index (κ3) is 3.75. The molecule has 150 valence electrons. The molecule has 0 unspecified atom stereocenters. The number of amides is 2. The van der Waals surface area contributed by atoms with Gasteiger partial charge in [0.1, 0.15) is 12.1 Å². The quantitative estimate of drug-likeness (QED) is 0.786. The summed E-state index contributed by atoms with van der Waals surface area (Å²) in [6.45, 7) is 1.99. The van der Waals surface area contributed by atoms with Crippen molar-refractivity contribution in [2.45, 2.75) is 50.7 Å². The van der Waals surface area contributed by atoms with Gasteiger partial charge in [-0.05, 0) is 55.5 Å². The van der Waals surface area contributed by atoms with Gasteiger partial charge >= 0.3 is 5.97 Å². The second-order valence-corrected chi connectivity index (χ2v) is 7.91. The van der Waals surface area contributed by atoms with Gasteiger partial charge in [0.25, 0.3) is 5.91 Å². The molecule has 2 amide bonds. The molecule has 1 fully saturated rings. The van der Waals surface area contributed by atoms with Crippen LogP contribution in [0.15, 0.2) is 54.1 Å². The Labute approximate surface area is 169 Å². The maximum Gasteiger partial charge on any atom is 0.326 e. The topological polar surface area (TPSA) is 86.7 Å². The van der Waals surface area contributed by atoms with Crippen LogP contribution < -0.4 is 5.32 Å². The van der Waals surface area contributed by atoms with Crippen molar-refractivity contribution in [3.63, 3.8) is 0 Å². The molecule has 2 aromatic carbocycles. The van der Waals surface area contributed by atoms with Gasteiger partial charge in [-0.25, -0.2) is 4.79 Å². The lowest BCUT2D eigenvalue weighted by atomic mass is 9.98. The maximum absolute atomic E-state index is 13.2. The van der Waals surface area contributed by atoms with E-state index in [9.17, 15) is 19.5 Å². The normalized spacial score (nSPS) is 26.2. The molecule has 1 saturated heterocycles. The lowest BCUT2D eigenvalue weighted by Gasteiger charge is -2.33. The Kier molecular flexibility index (Phi) is 5.09. The standard InChI is InChI=1S/C23H24N2O4/c1-14-6-10-19(22(27)25-18(12-14)9-11-20(25)23(28)29)24-21(26)17-8-7-15-4-2-3-5-16(15)13-17/h2-8,13,18-20H,9-12H2,1H3,(H,24,26)(H,28,29)/b14-6-/t18-,19+,20+/m1/s1. The Balaban J connectivity index is 1.60. The van der Waals surface area contributed by atoms with Crippen molar-refractivity contribution in [2.24, 2.45) is 0 Å². The Bertz CT molecular complexity index is 1010. The lowest BCUT2D eigenvalue weighted by molar-refractivity contribution is -0.150. The fraction of sp³-hybridized carbons (Fsp3) is 0.348. The Morgan fingerprint density at radius 3 is 2.62 bits per heavy atom. The summed E-state index contributed by atoms with van der Waals surface area (Å²) in [5, 5.41) is 14.4. The van der Waals surface area contributed by atoms with Gasteiger partial charge in [-0.2, -0.15) is 0 Å². The van der Waals surface area contributed by atoms with Gasteiger partial charge in [0.15, 0.2) is 0 Å². The summed E-state index contributed by atoms with van der Waals surface area (Å²) in [4.78, 5) is 39.2. The fourth-order valence-corrected chi connectivity index (χ4v) is 4.41. The molecule has 4 rings (SSSR count). The van der Waals surface area contributed by atoms with E-state index in [0.717, 1.165) is 16.3 Å². The first kappa shape index (κ1) is 19.2. The van der Waals surface area contributed by atoms with Crippen molar-refractivity contribution in [2.75, 3.05) is 0 Å². The van der Waals surface area contributed by atoms with Crippen LogP contribution in [-0.2, 0) is 9.59 Å². The van der Waals surface area contributed by atoms with Gasteiger partial charge in [0, 0.05) is 11.6 Å². The molecule has 2 aliphatic rings. The number of fused-ring (bicyclic) bond motifs is 2. The van der Waals surface area contributed by atoms with Crippen molar-refractivity contribution >= 4 is 28.6 Å². The van der Waals surface area contributed by atoms with E-state index in [1.165, 1.54) is 4.90 Å². The largest absolute Gasteiger partial charge is 0.480 e. The van der Waals surface area contributed by atoms with Crippen LogP contribution in [0.3, 0.4) is 0 Å². The van der Waals surface area contributed by atoms with E-state index in [0.29, 0.717) is 31.2 Å². The second kappa shape index (κ2) is 7.70. The minimum Gasteiger partial charge on any atom is -0.480 e. The van der Waals surface area contributed by atoms with E-state index in [4.69, 9.17) is 0 Å². The van der Waals surface area contributed by atoms with Crippen molar-refractivity contribution in [1.82, 2.24) is 10.2 Å². The smallest absolute Gasteiger partial charge is 0.326 e. The summed E-state index contributed by atoms with van der Waals surface area (Å²) in [5.41, 5.74) is 1.59. The molecular formula is C23H24N2O4. The van der Waals surface area contributed by atoms with Crippen LogP contribution in [0.4, 0.5) is 0 Å². The Hall–Kier alpha value is -3.15. The number of nitrogens with zero attached hydrogens (tertiary/aromatic N) is 1. The molecule has 3 atom stereocenters. The molecule has 0 radical (unpaired) electrons. The van der Waals surface area contributed by atoms with Gasteiger partial charge in [0.05, 0.1) is 0 Å². The second-order valence-electron chi connectivity index (χ2n) is 7.91. The SMILES string of the molecule is C/C1=C/C[C@H](NC(=O)c2ccc3ccccc3c2)C(=O)N2[C@H](CC[C@H]2C(=O)O)C1. The maximum atomic E-state index is 13.2. The molecule has 0 aromatic heterocycles. The molecular weight excluding hydrogens is 368 g/mol. The first-order chi connectivity index (χ1) is 13.9. The molecule has 6 nitrogen and oxygen atoms in total. The Morgan fingerprint density at radius 2 is 1.86 bits per heavy atom. The molecule has 2 heterocycles. The zero-order valence-electron chi connectivity index (χ0n) is 16.3. The van der Waals surface area contributed by atoms with Crippen LogP contribution in [0.2, 0.25) is 0 Å². The summed E-state index contributed by atoms with van der Waals surface area (Å²) < 4.78 is 0. The summed E-state index contributed by atoms with van der Waals surface area (Å²) in [6, 6.07) is 11.5. The third-order valence-electron chi connectivity index (χ3n) is 5.92. The number of hydrogen-bond donors (Lipinski definition) is 2. The first-order valence-corrected chi connectivity index (χ1v) is 9.94. The molecule has 6 heteroatoms. The minimum atomic E-state index is -0.984. The lowest BCUT2D eigenvalue weighted by Crippen LogP contribution is -2.54. The number of carboxylic acid groups (broad SMARTS) is 1. The number of carboxylic acids is 1. The highest BCUT2D eigenvalue weighted by molar-refractivity contribution is 6.01. The van der Waals surface area contributed by atoms with Crippen LogP contribution in [0.1, 0.15) is 43.0 Å². The summed E-state index contributed by atoms with van der Waals surface area (Å²) >= 11 is 0. The molecule has 2 aromatic rings. The van der Waals surface area contributed by atoms with Gasteiger partial charge in [0.2, 0.25) is 5.91 Å². The number of rotatable bonds is 3. The highest BCUT2D eigenvalue weighted by Crippen LogP contribution is 2.31. The fourth-order valence-electron chi connectivity index (χ4n) is 4.41. The first-order valence-electron chi connectivity index (χ1n) is 9.94. The summed E-state index contributed by atoms with van der Waals surface area (Å²) in [6.07, 6.45) is 4.14. The highest BCUT2D eigenvalue weighted by Gasteiger charge is 2.43. The molecule has 2 aliphatic heterocycles. The third-order valence-corrected chi connectivity index (χ3v) is 5.92. The number of aliphatic carboxylic acids is 1. The van der Waals surface area contributed by atoms with E-state index >= 15 is 0 Å². The van der Waals surface area contributed by atoms with Crippen LogP contribution in [0.5, 0.6) is 0 Å². The summed E-state index contributed by atoms with van der Waals surface area (Å²) in [7, 11) is 0. The van der Waals surface area contributed by atoms with E-state index < -0.39 is 18.1 Å². The van der Waals surface area contributed by atoms with Crippen LogP contribution in [0, 0.1) is 0 Å². The van der Waals surface area contributed by atoms with Crippen molar-refractivity contribution in [3.8, 4) is 0 Å². The number of carbonyl (C=O) groups excluding carboxylic acids is 2. The summed E-state index contributed by atoms with van der Waals surface area (Å²) in [5.74, 6) is -1.62. The van der Waals surface area contributed by atoms with E-state index in [1.807, 2.05) is 43.3 Å². The van der Waals surface area contributed by atoms with Gasteiger partial charge in [-0.15, -0.1) is 0 Å². The predicted molar refractivity (Wildman–Crippen MR) is 109 cm³/mol. The van der Waals surface area contributed by atoms with Gasteiger partial charge in [-0.3, -0.25) is 9.59 Å². The van der Waals surface area contributed by atoms with E-state index in [-0.39, 0.29) is 17.9 Å². The average molecular weight is 392 g/mol. The van der Waals surface area contributed by atoms with Crippen molar-refractivity contribution < 1.29 is 19.5 Å². The number of hydrogen-bond acceptors (Lipinski definition) is 3. The highest BCUT2D eigenvalue weighted by atomic mass is 16.4. The zero-order chi connectivity index (χ0) is 20.5. The van der Waals surface area contributed by atoms with Gasteiger partial charge < -0.3 is 15.3 Å². The number of carbonyl (C=O) groups is 3. The van der Waals surface area contributed by atoms with Crippen LogP contribution in [0.25, 0.3) is 10.8 Å². The average Bonchev–Trinajstić information content (AvgIpc) is 3.12. The van der Waals surface area contributed by atoms with E-state index in [1.54, 1.807) is 12.1 Å². The Morgan fingerprint density at radius 1 is 1.10 bits per heavy atom. The molecule has 0 bridgehead atoms. The molecule has 0 saturated carbocycles.